The van der Waals surface area contributed by atoms with E-state index in [2.05, 4.69) is 13.8 Å². The van der Waals surface area contributed by atoms with Gasteiger partial charge < -0.3 is 0 Å². The monoisotopic (exact) mass is 396 g/mol. The van der Waals surface area contributed by atoms with Crippen molar-refractivity contribution in [2.45, 2.75) is 84.2 Å². The highest BCUT2D eigenvalue weighted by molar-refractivity contribution is 5.88. The summed E-state index contributed by atoms with van der Waals surface area (Å²) >= 11 is 0. The minimum atomic E-state index is -0.365. The molecule has 29 heavy (non-hydrogen) atoms. The van der Waals surface area contributed by atoms with E-state index in [1.165, 1.54) is 57.8 Å². The van der Waals surface area contributed by atoms with E-state index in [1.54, 1.807) is 12.1 Å². The molecular weight excluding hydrogens is 360 g/mol. The van der Waals surface area contributed by atoms with Gasteiger partial charge in [-0.05, 0) is 92.6 Å². The van der Waals surface area contributed by atoms with Gasteiger partial charge in [-0.25, -0.2) is 4.79 Å². The average molecular weight is 397 g/mol. The Morgan fingerprint density at radius 2 is 1.72 bits per heavy atom. The van der Waals surface area contributed by atoms with Gasteiger partial charge in [0.2, 0.25) is 0 Å². The molecule has 4 fully saturated rings. The first kappa shape index (κ1) is 19.6. The minimum absolute atomic E-state index is 0.0347. The van der Waals surface area contributed by atoms with Gasteiger partial charge in [0.25, 0.3) is 0 Å². The first-order valence-electron chi connectivity index (χ1n) is 11.9. The van der Waals surface area contributed by atoms with Crippen molar-refractivity contribution in [1.82, 2.24) is 0 Å². The molecule has 0 saturated heterocycles. The summed E-state index contributed by atoms with van der Waals surface area (Å²) in [5.74, 6) is 2.80. The molecule has 4 aliphatic rings. The molecule has 7 atom stereocenters. The Morgan fingerprint density at radius 1 is 0.897 bits per heavy atom. The lowest BCUT2D eigenvalue weighted by Gasteiger charge is -2.61. The van der Waals surface area contributed by atoms with Crippen LogP contribution in [0.2, 0.25) is 0 Å². The van der Waals surface area contributed by atoms with Gasteiger partial charge in [0, 0.05) is 5.41 Å². The quantitative estimate of drug-likeness (QED) is 0.428. The zero-order valence-corrected chi connectivity index (χ0v) is 18.1. The van der Waals surface area contributed by atoms with Crippen molar-refractivity contribution >= 4 is 5.97 Å². The fourth-order valence-electron chi connectivity index (χ4n) is 8.16. The molecular formula is C26H36O3. The Kier molecular flexibility index (Phi) is 5.01. The topological polar surface area (TPSA) is 35.5 Å². The highest BCUT2D eigenvalue weighted by Gasteiger charge is 2.60. The maximum Gasteiger partial charge on any atom is 0.373 e. The molecule has 0 N–H and O–H groups in total. The van der Waals surface area contributed by atoms with E-state index in [4.69, 9.17) is 9.78 Å². The Hall–Kier alpha value is -1.35. The van der Waals surface area contributed by atoms with E-state index in [9.17, 15) is 4.79 Å². The number of hydrogen-bond donors (Lipinski definition) is 0. The summed E-state index contributed by atoms with van der Waals surface area (Å²) in [4.78, 5) is 23.9. The fourth-order valence-corrected chi connectivity index (χ4v) is 8.16. The number of hydrogen-bond acceptors (Lipinski definition) is 3. The predicted molar refractivity (Wildman–Crippen MR) is 113 cm³/mol. The molecule has 158 valence electrons. The summed E-state index contributed by atoms with van der Waals surface area (Å²) in [6.45, 7) is 5.04. The van der Waals surface area contributed by atoms with Crippen LogP contribution in [0.1, 0.15) is 88.4 Å². The predicted octanol–water partition coefficient (Wildman–Crippen LogP) is 6.58. The first-order chi connectivity index (χ1) is 14.0. The van der Waals surface area contributed by atoms with Crippen molar-refractivity contribution in [2.24, 2.45) is 34.5 Å². The van der Waals surface area contributed by atoms with Gasteiger partial charge in [-0.1, -0.05) is 44.9 Å². The third-order valence-electron chi connectivity index (χ3n) is 9.71. The van der Waals surface area contributed by atoms with Gasteiger partial charge >= 0.3 is 5.97 Å². The molecule has 3 nitrogen and oxygen atoms in total. The molecule has 5 rings (SSSR count). The van der Waals surface area contributed by atoms with Crippen LogP contribution in [0.25, 0.3) is 0 Å². The molecule has 4 aliphatic carbocycles. The standard InChI is InChI=1S/C26H36O3/c1-25-16-7-11-21(25)20-14-13-19-10-6-12-23(26(19,2)22(20)15-17-25)28-29-24(27)18-8-4-3-5-9-18/h3-5,8-9,19-23H,6-7,10-17H2,1-2H3/t19-,20-,21-,22-,23?,25-,26-/m0/s1. The fraction of sp³-hybridized carbons (Fsp3) is 0.731. The summed E-state index contributed by atoms with van der Waals surface area (Å²) in [7, 11) is 0. The summed E-state index contributed by atoms with van der Waals surface area (Å²) in [5, 5.41) is 0. The molecule has 1 aromatic rings. The Morgan fingerprint density at radius 3 is 2.55 bits per heavy atom. The van der Waals surface area contributed by atoms with Gasteiger partial charge in [0.05, 0.1) is 5.56 Å². The minimum Gasteiger partial charge on any atom is -0.293 e. The third-order valence-corrected chi connectivity index (χ3v) is 9.71. The summed E-state index contributed by atoms with van der Waals surface area (Å²) < 4.78 is 0. The highest BCUT2D eigenvalue weighted by Crippen LogP contribution is 2.66. The normalized spacial score (nSPS) is 43.7. The van der Waals surface area contributed by atoms with E-state index in [0.717, 1.165) is 24.2 Å². The van der Waals surface area contributed by atoms with Crippen LogP contribution in [0.5, 0.6) is 0 Å². The van der Waals surface area contributed by atoms with Gasteiger partial charge in [0.15, 0.2) is 0 Å². The van der Waals surface area contributed by atoms with Crippen molar-refractivity contribution < 1.29 is 14.6 Å². The van der Waals surface area contributed by atoms with Crippen LogP contribution in [0.3, 0.4) is 0 Å². The van der Waals surface area contributed by atoms with Crippen LogP contribution < -0.4 is 0 Å². The van der Waals surface area contributed by atoms with Crippen LogP contribution in [0.4, 0.5) is 0 Å². The van der Waals surface area contributed by atoms with E-state index in [0.29, 0.717) is 16.9 Å². The van der Waals surface area contributed by atoms with E-state index in [-0.39, 0.29) is 17.5 Å². The van der Waals surface area contributed by atoms with Crippen LogP contribution >= 0.6 is 0 Å². The molecule has 1 aromatic carbocycles. The van der Waals surface area contributed by atoms with Gasteiger partial charge in [-0.3, -0.25) is 4.89 Å². The number of carbonyl (C=O) groups is 1. The molecule has 4 saturated carbocycles. The van der Waals surface area contributed by atoms with Crippen molar-refractivity contribution in [3.05, 3.63) is 35.9 Å². The molecule has 0 bridgehead atoms. The molecule has 0 aliphatic heterocycles. The van der Waals surface area contributed by atoms with Gasteiger partial charge in [-0.2, -0.15) is 4.89 Å². The number of benzene rings is 1. The summed E-state index contributed by atoms with van der Waals surface area (Å²) in [6, 6.07) is 9.21. The number of rotatable bonds is 3. The lowest BCUT2D eigenvalue weighted by molar-refractivity contribution is -0.326. The Bertz CT molecular complexity index is 746. The van der Waals surface area contributed by atoms with Gasteiger partial charge in [-0.15, -0.1) is 0 Å². The molecule has 0 radical (unpaired) electrons. The van der Waals surface area contributed by atoms with E-state index < -0.39 is 0 Å². The zero-order valence-electron chi connectivity index (χ0n) is 18.1. The third kappa shape index (κ3) is 3.15. The molecule has 0 amide bonds. The molecule has 3 heteroatoms. The first-order valence-corrected chi connectivity index (χ1v) is 11.9. The van der Waals surface area contributed by atoms with E-state index in [1.807, 2.05) is 18.2 Å². The second kappa shape index (κ2) is 7.41. The maximum atomic E-state index is 12.5. The van der Waals surface area contributed by atoms with Crippen LogP contribution in [0.15, 0.2) is 30.3 Å². The summed E-state index contributed by atoms with van der Waals surface area (Å²) in [6.07, 6.45) is 13.3. The Labute approximate surface area is 175 Å². The average Bonchev–Trinajstić information content (AvgIpc) is 3.14. The summed E-state index contributed by atoms with van der Waals surface area (Å²) in [5.41, 5.74) is 1.28. The lowest BCUT2D eigenvalue weighted by Crippen LogP contribution is -2.57. The van der Waals surface area contributed by atoms with Gasteiger partial charge in [0.1, 0.15) is 6.10 Å². The van der Waals surface area contributed by atoms with Crippen molar-refractivity contribution in [1.29, 1.82) is 0 Å². The van der Waals surface area contributed by atoms with Crippen molar-refractivity contribution in [3.8, 4) is 0 Å². The largest absolute Gasteiger partial charge is 0.373 e. The van der Waals surface area contributed by atoms with Crippen LogP contribution in [0, 0.1) is 34.5 Å². The van der Waals surface area contributed by atoms with Crippen LogP contribution in [-0.4, -0.2) is 12.1 Å². The smallest absolute Gasteiger partial charge is 0.293 e. The lowest BCUT2D eigenvalue weighted by atomic mass is 9.45. The zero-order chi connectivity index (χ0) is 20.1. The SMILES string of the molecule is C[C@@]12CCC[C@H]1[C@@H]1CC[C@@H]3CCCC(OOC(=O)c4ccccc4)[C@]3(C)[C@H]1CC2. The molecule has 0 spiro atoms. The molecule has 0 heterocycles. The number of carbonyl (C=O) groups excluding carboxylic acids is 1. The molecule has 0 aromatic heterocycles. The van der Waals surface area contributed by atoms with Crippen LogP contribution in [-0.2, 0) is 9.78 Å². The maximum absolute atomic E-state index is 12.5. The highest BCUT2D eigenvalue weighted by atomic mass is 17.2. The Balaban J connectivity index is 1.35. The van der Waals surface area contributed by atoms with Crippen molar-refractivity contribution in [3.63, 3.8) is 0 Å². The number of fused-ring (bicyclic) bond motifs is 5. The molecule has 1 unspecified atom stereocenters. The van der Waals surface area contributed by atoms with Crippen molar-refractivity contribution in [2.75, 3.05) is 0 Å². The second-order valence-electron chi connectivity index (χ2n) is 10.9. The van der Waals surface area contributed by atoms with E-state index >= 15 is 0 Å². The second-order valence-corrected chi connectivity index (χ2v) is 10.9.